The van der Waals surface area contributed by atoms with Crippen molar-refractivity contribution in [2.75, 3.05) is 6.61 Å². The first-order valence-corrected chi connectivity index (χ1v) is 13.8. The molecule has 4 atom stereocenters. The van der Waals surface area contributed by atoms with E-state index < -0.39 is 0 Å². The Morgan fingerprint density at radius 2 is 1.92 bits per heavy atom. The molecule has 5 nitrogen and oxygen atoms in total. The van der Waals surface area contributed by atoms with Gasteiger partial charge < -0.3 is 9.84 Å². The SMILES string of the molecule is CC/C(=C\c1cc(C)c(O)c(C)c1)CC[C@H]1OC[C@H]2C1=C(C)C[C@H]1C(=O)N(Cc3cccs3)C(=O)[C@H]12. The fourth-order valence-corrected chi connectivity index (χ4v) is 7.08. The zero-order valence-electron chi connectivity index (χ0n) is 21.5. The van der Waals surface area contributed by atoms with Crippen molar-refractivity contribution in [1.82, 2.24) is 4.90 Å². The molecule has 0 spiro atoms. The molecule has 0 unspecified atom stereocenters. The third kappa shape index (κ3) is 4.46. The monoisotopic (exact) mass is 505 g/mol. The number of fused-ring (bicyclic) bond motifs is 3. The van der Waals surface area contributed by atoms with Gasteiger partial charge in [0.15, 0.2) is 0 Å². The Labute approximate surface area is 217 Å². The Bertz CT molecular complexity index is 1220. The van der Waals surface area contributed by atoms with Gasteiger partial charge in [-0.1, -0.05) is 30.2 Å². The Balaban J connectivity index is 1.31. The van der Waals surface area contributed by atoms with Crippen molar-refractivity contribution in [2.45, 2.75) is 66.0 Å². The molecule has 0 bridgehead atoms. The molecule has 3 aliphatic rings. The minimum absolute atomic E-state index is 0.00318. The number of likely N-dealkylation sites (tertiary alicyclic amines) is 1. The number of rotatable bonds is 7. The quantitative estimate of drug-likeness (QED) is 0.360. The third-order valence-corrected chi connectivity index (χ3v) is 9.06. The Morgan fingerprint density at radius 1 is 1.17 bits per heavy atom. The second-order valence-corrected chi connectivity index (χ2v) is 11.6. The number of ether oxygens (including phenoxy) is 1. The van der Waals surface area contributed by atoms with Gasteiger partial charge in [0.1, 0.15) is 5.75 Å². The van der Waals surface area contributed by atoms with E-state index >= 15 is 0 Å². The number of thiophene rings is 1. The van der Waals surface area contributed by atoms with Crippen LogP contribution in [-0.4, -0.2) is 34.5 Å². The third-order valence-electron chi connectivity index (χ3n) is 8.20. The van der Waals surface area contributed by atoms with E-state index in [2.05, 4.69) is 19.9 Å². The maximum absolute atomic E-state index is 13.4. The molecule has 0 saturated carbocycles. The van der Waals surface area contributed by atoms with Gasteiger partial charge in [0.2, 0.25) is 11.8 Å². The molecule has 1 aromatic carbocycles. The fourth-order valence-electron chi connectivity index (χ4n) is 6.38. The van der Waals surface area contributed by atoms with Crippen LogP contribution in [0.3, 0.4) is 0 Å². The van der Waals surface area contributed by atoms with Crippen LogP contribution in [-0.2, 0) is 20.9 Å². The smallest absolute Gasteiger partial charge is 0.234 e. The van der Waals surface area contributed by atoms with E-state index in [1.807, 2.05) is 43.5 Å². The van der Waals surface area contributed by atoms with Gasteiger partial charge in [0, 0.05) is 10.8 Å². The highest BCUT2D eigenvalue weighted by molar-refractivity contribution is 7.09. The van der Waals surface area contributed by atoms with Crippen LogP contribution < -0.4 is 0 Å². The maximum atomic E-state index is 13.4. The van der Waals surface area contributed by atoms with Crippen molar-refractivity contribution in [2.24, 2.45) is 17.8 Å². The first-order valence-electron chi connectivity index (χ1n) is 13.0. The van der Waals surface area contributed by atoms with Crippen molar-refractivity contribution in [3.8, 4) is 5.75 Å². The highest BCUT2D eigenvalue weighted by atomic mass is 32.1. The number of hydrogen-bond donors (Lipinski definition) is 1. The Hall–Kier alpha value is -2.70. The van der Waals surface area contributed by atoms with Crippen LogP contribution in [0.4, 0.5) is 0 Å². The number of hydrogen-bond acceptors (Lipinski definition) is 5. The largest absolute Gasteiger partial charge is 0.507 e. The number of phenols is 1. The predicted molar refractivity (Wildman–Crippen MR) is 142 cm³/mol. The molecule has 2 saturated heterocycles. The topological polar surface area (TPSA) is 66.8 Å². The number of benzene rings is 1. The molecule has 1 aliphatic carbocycles. The minimum Gasteiger partial charge on any atom is -0.507 e. The number of allylic oxidation sites excluding steroid dienone is 2. The van der Waals surface area contributed by atoms with Gasteiger partial charge in [-0.25, -0.2) is 0 Å². The van der Waals surface area contributed by atoms with Crippen LogP contribution in [0.1, 0.15) is 61.1 Å². The number of carbonyl (C=O) groups is 2. The van der Waals surface area contributed by atoms with E-state index in [1.54, 1.807) is 11.3 Å². The molecule has 2 aliphatic heterocycles. The zero-order chi connectivity index (χ0) is 25.6. The van der Waals surface area contributed by atoms with Gasteiger partial charge in [-0.2, -0.15) is 0 Å². The summed E-state index contributed by atoms with van der Waals surface area (Å²) in [7, 11) is 0. The number of phenolic OH excluding ortho intramolecular Hbond substituents is 1. The highest BCUT2D eigenvalue weighted by Crippen LogP contribution is 2.50. The average Bonchev–Trinajstić information content (AvgIpc) is 3.57. The normalized spacial score (nSPS) is 26.1. The lowest BCUT2D eigenvalue weighted by Gasteiger charge is -2.30. The minimum atomic E-state index is -0.287. The standard InChI is InChI=1S/C30H35NO4S/c1-5-20(14-21-11-18(3)28(32)19(4)12-21)8-9-25-26-17(2)13-23-27(24(26)16-35-25)30(34)31(29(23)33)15-22-7-6-10-36-22/h6-7,10-12,14,23-25,27,32H,5,8-9,13,15-16H2,1-4H3/b20-14+/t23-,24+,25-,27-/m1/s1. The molecule has 5 rings (SSSR count). The molecule has 1 N–H and O–H groups in total. The second kappa shape index (κ2) is 9.98. The predicted octanol–water partition coefficient (Wildman–Crippen LogP) is 6.18. The molecule has 3 heterocycles. The molecule has 36 heavy (non-hydrogen) atoms. The van der Waals surface area contributed by atoms with Crippen molar-refractivity contribution in [3.63, 3.8) is 0 Å². The summed E-state index contributed by atoms with van der Waals surface area (Å²) in [6.07, 6.45) is 5.62. The van der Waals surface area contributed by atoms with Crippen LogP contribution in [0.2, 0.25) is 0 Å². The van der Waals surface area contributed by atoms with E-state index in [-0.39, 0.29) is 35.7 Å². The molecular formula is C30H35NO4S. The van der Waals surface area contributed by atoms with Crippen LogP contribution in [0, 0.1) is 31.6 Å². The molecule has 1 aromatic heterocycles. The van der Waals surface area contributed by atoms with Gasteiger partial charge in [-0.15, -0.1) is 11.3 Å². The van der Waals surface area contributed by atoms with Gasteiger partial charge in [-0.3, -0.25) is 14.5 Å². The lowest BCUT2D eigenvalue weighted by molar-refractivity contribution is -0.140. The van der Waals surface area contributed by atoms with Gasteiger partial charge >= 0.3 is 0 Å². The van der Waals surface area contributed by atoms with E-state index in [4.69, 9.17) is 4.74 Å². The summed E-state index contributed by atoms with van der Waals surface area (Å²) < 4.78 is 6.30. The lowest BCUT2D eigenvalue weighted by Crippen LogP contribution is -2.34. The summed E-state index contributed by atoms with van der Waals surface area (Å²) in [5.74, 6) is -0.204. The van der Waals surface area contributed by atoms with E-state index in [1.165, 1.54) is 21.6 Å². The average molecular weight is 506 g/mol. The maximum Gasteiger partial charge on any atom is 0.234 e. The van der Waals surface area contributed by atoms with Crippen LogP contribution >= 0.6 is 11.3 Å². The number of nitrogens with zero attached hydrogens (tertiary/aromatic N) is 1. The van der Waals surface area contributed by atoms with E-state index in [9.17, 15) is 14.7 Å². The van der Waals surface area contributed by atoms with Crippen molar-refractivity contribution in [1.29, 1.82) is 0 Å². The molecular weight excluding hydrogens is 470 g/mol. The second-order valence-electron chi connectivity index (χ2n) is 10.5. The van der Waals surface area contributed by atoms with Crippen LogP contribution in [0.5, 0.6) is 5.75 Å². The summed E-state index contributed by atoms with van der Waals surface area (Å²) in [5, 5.41) is 12.1. The van der Waals surface area contributed by atoms with Crippen molar-refractivity contribution in [3.05, 3.63) is 67.9 Å². The molecule has 2 amide bonds. The van der Waals surface area contributed by atoms with Gasteiger partial charge in [0.25, 0.3) is 0 Å². The zero-order valence-corrected chi connectivity index (χ0v) is 22.4. The summed E-state index contributed by atoms with van der Waals surface area (Å²) in [6.45, 7) is 9.06. The Kier molecular flexibility index (Phi) is 6.92. The summed E-state index contributed by atoms with van der Waals surface area (Å²) in [4.78, 5) is 29.2. The van der Waals surface area contributed by atoms with Crippen LogP contribution in [0.25, 0.3) is 6.08 Å². The summed E-state index contributed by atoms with van der Waals surface area (Å²) >= 11 is 1.58. The number of amides is 2. The lowest BCUT2D eigenvalue weighted by atomic mass is 9.70. The van der Waals surface area contributed by atoms with Crippen LogP contribution in [0.15, 0.2) is 46.4 Å². The van der Waals surface area contributed by atoms with Gasteiger partial charge in [-0.05, 0) is 92.3 Å². The number of carbonyl (C=O) groups excluding carboxylic acids is 2. The van der Waals surface area contributed by atoms with Crippen molar-refractivity contribution < 1.29 is 19.4 Å². The van der Waals surface area contributed by atoms with E-state index in [0.29, 0.717) is 25.3 Å². The van der Waals surface area contributed by atoms with Crippen molar-refractivity contribution >= 4 is 29.2 Å². The number of aromatic hydroxyl groups is 1. The molecule has 0 radical (unpaired) electrons. The molecule has 190 valence electrons. The van der Waals surface area contributed by atoms with E-state index in [0.717, 1.165) is 40.8 Å². The number of imide groups is 1. The molecule has 2 fully saturated rings. The number of aryl methyl sites for hydroxylation is 2. The Morgan fingerprint density at radius 3 is 2.58 bits per heavy atom. The molecule has 2 aromatic rings. The molecule has 6 heteroatoms. The fraction of sp³-hybridized carbons (Fsp3) is 0.467. The summed E-state index contributed by atoms with van der Waals surface area (Å²) in [5.41, 5.74) is 6.73. The first kappa shape index (κ1) is 25.0. The van der Waals surface area contributed by atoms with Gasteiger partial charge in [0.05, 0.1) is 31.1 Å². The summed E-state index contributed by atoms with van der Waals surface area (Å²) in [6, 6.07) is 7.99. The highest BCUT2D eigenvalue weighted by Gasteiger charge is 2.56. The first-order chi connectivity index (χ1) is 17.3.